The third-order valence-electron chi connectivity index (χ3n) is 2.84. The molecule has 92 valence electrons. The average Bonchev–Trinajstić information content (AvgIpc) is 2.40. The largest absolute Gasteiger partial charge is 0.478 e. The Hall–Kier alpha value is -2.16. The molecule has 0 radical (unpaired) electrons. The molecule has 2 rings (SSSR count). The summed E-state index contributed by atoms with van der Waals surface area (Å²) in [5.41, 5.74) is 3.03. The molecule has 1 N–H and O–H groups in total. The van der Waals surface area contributed by atoms with Gasteiger partial charge in [0.15, 0.2) is 0 Å². The number of nitrogens with zero attached hydrogens (tertiary/aromatic N) is 1. The lowest BCUT2D eigenvalue weighted by molar-refractivity contribution is 0.0695. The monoisotopic (exact) mass is 241 g/mol. The van der Waals surface area contributed by atoms with Crippen LogP contribution in [0.3, 0.4) is 0 Å². The number of hydrogen-bond donors (Lipinski definition) is 1. The van der Waals surface area contributed by atoms with Crippen LogP contribution in [0.15, 0.2) is 42.6 Å². The van der Waals surface area contributed by atoms with Crippen molar-refractivity contribution in [1.82, 2.24) is 4.98 Å². The van der Waals surface area contributed by atoms with Gasteiger partial charge in [-0.15, -0.1) is 0 Å². The van der Waals surface area contributed by atoms with E-state index in [-0.39, 0.29) is 0 Å². The summed E-state index contributed by atoms with van der Waals surface area (Å²) in [6.07, 6.45) is 3.10. The number of benzene rings is 1. The first-order chi connectivity index (χ1) is 8.70. The molecule has 0 fully saturated rings. The second kappa shape index (κ2) is 5.45. The highest BCUT2D eigenvalue weighted by atomic mass is 16.4. The third kappa shape index (κ3) is 2.74. The molecule has 3 nitrogen and oxygen atoms in total. The van der Waals surface area contributed by atoms with Crippen molar-refractivity contribution in [1.29, 1.82) is 0 Å². The number of rotatable bonds is 4. The van der Waals surface area contributed by atoms with Gasteiger partial charge in [-0.25, -0.2) is 4.79 Å². The molecule has 1 heterocycles. The molecule has 0 amide bonds. The van der Waals surface area contributed by atoms with Gasteiger partial charge in [0.25, 0.3) is 0 Å². The number of aryl methyl sites for hydroxylation is 1. The Morgan fingerprint density at radius 1 is 1.22 bits per heavy atom. The van der Waals surface area contributed by atoms with Crippen LogP contribution >= 0.6 is 0 Å². The maximum absolute atomic E-state index is 11.1. The minimum atomic E-state index is -0.908. The lowest BCUT2D eigenvalue weighted by atomic mass is 10.0. The molecule has 0 aliphatic carbocycles. The molecular weight excluding hydrogens is 226 g/mol. The van der Waals surface area contributed by atoms with Crippen LogP contribution in [0.5, 0.6) is 0 Å². The van der Waals surface area contributed by atoms with E-state index in [0.29, 0.717) is 24.1 Å². The van der Waals surface area contributed by atoms with Gasteiger partial charge in [0.05, 0.1) is 11.3 Å². The van der Waals surface area contributed by atoms with Crippen LogP contribution in [0, 0.1) is 0 Å². The smallest absolute Gasteiger partial charge is 0.337 e. The molecule has 0 aliphatic heterocycles. The van der Waals surface area contributed by atoms with Crippen LogP contribution in [-0.2, 0) is 12.8 Å². The number of carboxylic acids is 1. The molecule has 18 heavy (non-hydrogen) atoms. The predicted octanol–water partition coefficient (Wildman–Crippen LogP) is 2.93. The maximum atomic E-state index is 11.1. The molecule has 0 aliphatic rings. The molecule has 2 aromatic rings. The van der Waals surface area contributed by atoms with Gasteiger partial charge in [-0.1, -0.05) is 37.3 Å². The summed E-state index contributed by atoms with van der Waals surface area (Å²) in [6.45, 7) is 1.91. The predicted molar refractivity (Wildman–Crippen MR) is 69.8 cm³/mol. The lowest BCUT2D eigenvalue weighted by Gasteiger charge is -2.06. The Kier molecular flexibility index (Phi) is 3.72. The number of carboxylic acid groups (broad SMARTS) is 1. The first-order valence-electron chi connectivity index (χ1n) is 5.95. The van der Waals surface area contributed by atoms with Crippen LogP contribution in [0.4, 0.5) is 0 Å². The highest BCUT2D eigenvalue weighted by Crippen LogP contribution is 2.13. The van der Waals surface area contributed by atoms with Crippen LogP contribution in [0.2, 0.25) is 0 Å². The number of aromatic nitrogens is 1. The van der Waals surface area contributed by atoms with Gasteiger partial charge in [-0.05, 0) is 30.0 Å². The molecule has 0 spiro atoms. The molecule has 0 atom stereocenters. The van der Waals surface area contributed by atoms with Gasteiger partial charge >= 0.3 is 5.97 Å². The summed E-state index contributed by atoms with van der Waals surface area (Å²) >= 11 is 0. The van der Waals surface area contributed by atoms with Crippen molar-refractivity contribution < 1.29 is 9.90 Å². The lowest BCUT2D eigenvalue weighted by Crippen LogP contribution is -2.05. The standard InChI is InChI=1S/C15H15NO2/c1-2-14-13(15(17)18)9-12(10-16-14)8-11-6-4-3-5-7-11/h3-7,9-10H,2,8H2,1H3,(H,17,18). The third-order valence-corrected chi connectivity index (χ3v) is 2.84. The van der Waals surface area contributed by atoms with Gasteiger partial charge in [0.2, 0.25) is 0 Å². The number of carbonyl (C=O) groups is 1. The molecule has 0 unspecified atom stereocenters. The highest BCUT2D eigenvalue weighted by molar-refractivity contribution is 5.89. The van der Waals surface area contributed by atoms with Gasteiger partial charge < -0.3 is 5.11 Å². The highest BCUT2D eigenvalue weighted by Gasteiger charge is 2.11. The summed E-state index contributed by atoms with van der Waals surface area (Å²) in [7, 11) is 0. The Labute approximate surface area is 106 Å². The van der Waals surface area contributed by atoms with Crippen LogP contribution in [0.1, 0.15) is 34.1 Å². The SMILES string of the molecule is CCc1ncc(Cc2ccccc2)cc1C(=O)O. The van der Waals surface area contributed by atoms with Gasteiger partial charge in [-0.3, -0.25) is 4.98 Å². The van der Waals surface area contributed by atoms with E-state index in [1.54, 1.807) is 12.3 Å². The van der Waals surface area contributed by atoms with E-state index in [0.717, 1.165) is 11.1 Å². The van der Waals surface area contributed by atoms with E-state index >= 15 is 0 Å². The first kappa shape index (κ1) is 12.3. The Morgan fingerprint density at radius 2 is 1.94 bits per heavy atom. The molecule has 0 saturated carbocycles. The summed E-state index contributed by atoms with van der Waals surface area (Å²) in [5.74, 6) is -0.908. The Morgan fingerprint density at radius 3 is 2.56 bits per heavy atom. The van der Waals surface area contributed by atoms with Crippen molar-refractivity contribution in [3.05, 3.63) is 65.0 Å². The van der Waals surface area contributed by atoms with Crippen LogP contribution < -0.4 is 0 Å². The quantitative estimate of drug-likeness (QED) is 0.895. The van der Waals surface area contributed by atoms with Crippen molar-refractivity contribution in [2.24, 2.45) is 0 Å². The fraction of sp³-hybridized carbons (Fsp3) is 0.200. The van der Waals surface area contributed by atoms with Crippen molar-refractivity contribution >= 4 is 5.97 Å². The van der Waals surface area contributed by atoms with Crippen LogP contribution in [-0.4, -0.2) is 16.1 Å². The Balaban J connectivity index is 2.30. The van der Waals surface area contributed by atoms with E-state index in [2.05, 4.69) is 4.98 Å². The molecule has 3 heteroatoms. The van der Waals surface area contributed by atoms with Crippen molar-refractivity contribution in [3.8, 4) is 0 Å². The topological polar surface area (TPSA) is 50.2 Å². The zero-order chi connectivity index (χ0) is 13.0. The molecule has 1 aromatic carbocycles. The molecule has 1 aromatic heterocycles. The van der Waals surface area contributed by atoms with Crippen molar-refractivity contribution in [3.63, 3.8) is 0 Å². The average molecular weight is 241 g/mol. The number of hydrogen-bond acceptors (Lipinski definition) is 2. The number of aromatic carboxylic acids is 1. The fourth-order valence-corrected chi connectivity index (χ4v) is 1.93. The molecule has 0 bridgehead atoms. The zero-order valence-electron chi connectivity index (χ0n) is 10.3. The maximum Gasteiger partial charge on any atom is 0.337 e. The summed E-state index contributed by atoms with van der Waals surface area (Å²) < 4.78 is 0. The summed E-state index contributed by atoms with van der Waals surface area (Å²) in [5, 5.41) is 9.15. The Bertz CT molecular complexity index is 550. The summed E-state index contributed by atoms with van der Waals surface area (Å²) in [4.78, 5) is 15.4. The fourth-order valence-electron chi connectivity index (χ4n) is 1.93. The normalized spacial score (nSPS) is 10.3. The van der Waals surface area contributed by atoms with Gasteiger partial charge in [0.1, 0.15) is 0 Å². The molecule has 0 saturated heterocycles. The minimum Gasteiger partial charge on any atom is -0.478 e. The van der Waals surface area contributed by atoms with Crippen molar-refractivity contribution in [2.75, 3.05) is 0 Å². The first-order valence-corrected chi connectivity index (χ1v) is 5.95. The van der Waals surface area contributed by atoms with Gasteiger partial charge in [-0.2, -0.15) is 0 Å². The van der Waals surface area contributed by atoms with E-state index in [1.807, 2.05) is 37.3 Å². The molecular formula is C15H15NO2. The van der Waals surface area contributed by atoms with E-state index in [1.165, 1.54) is 0 Å². The van der Waals surface area contributed by atoms with E-state index in [4.69, 9.17) is 5.11 Å². The zero-order valence-corrected chi connectivity index (χ0v) is 10.3. The summed E-state index contributed by atoms with van der Waals surface area (Å²) in [6, 6.07) is 11.7. The second-order valence-electron chi connectivity index (χ2n) is 4.16. The van der Waals surface area contributed by atoms with E-state index < -0.39 is 5.97 Å². The number of pyridine rings is 1. The van der Waals surface area contributed by atoms with Gasteiger partial charge in [0, 0.05) is 6.20 Å². The van der Waals surface area contributed by atoms with Crippen LogP contribution in [0.25, 0.3) is 0 Å². The van der Waals surface area contributed by atoms with E-state index in [9.17, 15) is 4.79 Å². The second-order valence-corrected chi connectivity index (χ2v) is 4.16. The van der Waals surface area contributed by atoms with Crippen molar-refractivity contribution in [2.45, 2.75) is 19.8 Å². The minimum absolute atomic E-state index is 0.311.